The van der Waals surface area contributed by atoms with Crippen LogP contribution in [-0.2, 0) is 16.1 Å². The molecule has 4 nitrogen and oxygen atoms in total. The smallest absolute Gasteiger partial charge is 0.387 e. The van der Waals surface area contributed by atoms with E-state index in [2.05, 4.69) is 4.74 Å². The number of rotatable bonds is 8. The zero-order valence-corrected chi connectivity index (χ0v) is 15.5. The van der Waals surface area contributed by atoms with Crippen molar-refractivity contribution in [2.75, 3.05) is 13.2 Å². The molecule has 2 heterocycles. The first-order chi connectivity index (χ1) is 13.1. The fourth-order valence-corrected chi connectivity index (χ4v) is 3.61. The van der Waals surface area contributed by atoms with Gasteiger partial charge in [0, 0.05) is 24.1 Å². The molecule has 2 aromatic rings. The molecule has 0 radical (unpaired) electrons. The van der Waals surface area contributed by atoms with Crippen LogP contribution in [0.4, 0.5) is 8.78 Å². The highest BCUT2D eigenvalue weighted by Crippen LogP contribution is 2.19. The van der Waals surface area contributed by atoms with E-state index in [1.807, 2.05) is 17.5 Å². The number of hydrogen-bond acceptors (Lipinski definition) is 4. The molecule has 1 aliphatic heterocycles. The Morgan fingerprint density at radius 1 is 1.33 bits per heavy atom. The van der Waals surface area contributed by atoms with Crippen LogP contribution in [0.3, 0.4) is 0 Å². The predicted octanol–water partition coefficient (Wildman–Crippen LogP) is 4.57. The third-order valence-corrected chi connectivity index (χ3v) is 5.07. The molecule has 0 spiro atoms. The molecular weight excluding hydrogens is 372 g/mol. The van der Waals surface area contributed by atoms with Crippen molar-refractivity contribution in [1.82, 2.24) is 4.90 Å². The molecule has 3 rings (SSSR count). The SMILES string of the molecule is O=C(/C=C/c1ccc(OC(F)F)cc1)N(Cc1cccs1)CC1CCCO1. The Hall–Kier alpha value is -2.25. The van der Waals surface area contributed by atoms with Gasteiger partial charge in [0.1, 0.15) is 5.75 Å². The minimum Gasteiger partial charge on any atom is -0.435 e. The summed E-state index contributed by atoms with van der Waals surface area (Å²) in [5.74, 6) is -0.0158. The lowest BCUT2D eigenvalue weighted by molar-refractivity contribution is -0.128. The highest BCUT2D eigenvalue weighted by Gasteiger charge is 2.22. The van der Waals surface area contributed by atoms with Gasteiger partial charge in [0.25, 0.3) is 0 Å². The molecule has 27 heavy (non-hydrogen) atoms. The largest absolute Gasteiger partial charge is 0.435 e. The van der Waals surface area contributed by atoms with E-state index in [-0.39, 0.29) is 17.8 Å². The number of amides is 1. The van der Waals surface area contributed by atoms with Crippen molar-refractivity contribution in [3.8, 4) is 5.75 Å². The van der Waals surface area contributed by atoms with Gasteiger partial charge in [-0.05, 0) is 48.1 Å². The Morgan fingerprint density at radius 3 is 2.78 bits per heavy atom. The van der Waals surface area contributed by atoms with Crippen molar-refractivity contribution in [1.29, 1.82) is 0 Å². The number of alkyl halides is 2. The van der Waals surface area contributed by atoms with Crippen LogP contribution >= 0.6 is 11.3 Å². The summed E-state index contributed by atoms with van der Waals surface area (Å²) in [6.07, 6.45) is 5.24. The average Bonchev–Trinajstić information content (AvgIpc) is 3.34. The molecule has 1 atom stereocenters. The molecule has 1 aromatic carbocycles. The molecule has 1 amide bonds. The topological polar surface area (TPSA) is 38.8 Å². The fourth-order valence-electron chi connectivity index (χ4n) is 2.89. The van der Waals surface area contributed by atoms with E-state index >= 15 is 0 Å². The molecule has 0 bridgehead atoms. The van der Waals surface area contributed by atoms with Crippen LogP contribution in [0.2, 0.25) is 0 Å². The zero-order chi connectivity index (χ0) is 19.1. The van der Waals surface area contributed by atoms with Crippen LogP contribution in [0, 0.1) is 0 Å². The van der Waals surface area contributed by atoms with Crippen LogP contribution in [0.15, 0.2) is 47.9 Å². The monoisotopic (exact) mass is 393 g/mol. The summed E-state index contributed by atoms with van der Waals surface area (Å²) in [5, 5.41) is 1.99. The maximum Gasteiger partial charge on any atom is 0.387 e. The second-order valence-corrected chi connectivity index (χ2v) is 7.25. The van der Waals surface area contributed by atoms with Gasteiger partial charge in [-0.2, -0.15) is 8.78 Å². The van der Waals surface area contributed by atoms with Crippen molar-refractivity contribution in [2.45, 2.75) is 32.1 Å². The molecule has 0 saturated carbocycles. The quantitative estimate of drug-likeness (QED) is 0.617. The fraction of sp³-hybridized carbons (Fsp3) is 0.350. The van der Waals surface area contributed by atoms with Gasteiger partial charge in [-0.25, -0.2) is 0 Å². The molecule has 144 valence electrons. The lowest BCUT2D eigenvalue weighted by Crippen LogP contribution is -2.35. The third-order valence-electron chi connectivity index (χ3n) is 4.21. The van der Waals surface area contributed by atoms with E-state index in [0.29, 0.717) is 13.1 Å². The Labute approximate surface area is 161 Å². The number of halogens is 2. The number of ether oxygens (including phenoxy) is 2. The first-order valence-electron chi connectivity index (χ1n) is 8.76. The zero-order valence-electron chi connectivity index (χ0n) is 14.7. The normalized spacial score (nSPS) is 16.9. The van der Waals surface area contributed by atoms with E-state index in [1.165, 1.54) is 18.2 Å². The van der Waals surface area contributed by atoms with Crippen LogP contribution in [0.25, 0.3) is 6.08 Å². The number of benzene rings is 1. The number of hydrogen-bond donors (Lipinski definition) is 0. The van der Waals surface area contributed by atoms with Crippen LogP contribution in [0.5, 0.6) is 5.75 Å². The van der Waals surface area contributed by atoms with Gasteiger partial charge >= 0.3 is 6.61 Å². The summed E-state index contributed by atoms with van der Waals surface area (Å²) in [6.45, 7) is -1.00. The molecule has 0 aliphatic carbocycles. The molecule has 7 heteroatoms. The standard InChI is InChI=1S/C20H21F2NO3S/c21-20(22)26-16-8-5-15(6-9-16)7-10-19(24)23(13-17-3-1-11-25-17)14-18-4-2-12-27-18/h2,4-10,12,17,20H,1,3,11,13-14H2/b10-7+. The molecule has 1 unspecified atom stereocenters. The lowest BCUT2D eigenvalue weighted by Gasteiger charge is -2.23. The maximum atomic E-state index is 12.7. The van der Waals surface area contributed by atoms with Crippen molar-refractivity contribution in [2.24, 2.45) is 0 Å². The highest BCUT2D eigenvalue weighted by atomic mass is 32.1. The van der Waals surface area contributed by atoms with Crippen LogP contribution in [0.1, 0.15) is 23.3 Å². The second-order valence-electron chi connectivity index (χ2n) is 6.21. The van der Waals surface area contributed by atoms with Crippen molar-refractivity contribution >= 4 is 23.3 Å². The van der Waals surface area contributed by atoms with E-state index < -0.39 is 6.61 Å². The molecule has 1 aromatic heterocycles. The molecular formula is C20H21F2NO3S. The number of nitrogens with zero attached hydrogens (tertiary/aromatic N) is 1. The van der Waals surface area contributed by atoms with Gasteiger partial charge in [-0.3, -0.25) is 4.79 Å². The number of thiophene rings is 1. The predicted molar refractivity (Wildman–Crippen MR) is 101 cm³/mol. The first kappa shape index (κ1) is 19.5. The first-order valence-corrected chi connectivity index (χ1v) is 9.64. The van der Waals surface area contributed by atoms with E-state index in [0.717, 1.165) is 29.9 Å². The summed E-state index contributed by atoms with van der Waals surface area (Å²) >= 11 is 1.61. The second kappa shape index (κ2) is 9.62. The minimum absolute atomic E-state index is 0.0769. The molecule has 0 N–H and O–H groups in total. The van der Waals surface area contributed by atoms with Gasteiger partial charge in [-0.15, -0.1) is 11.3 Å². The molecule has 1 saturated heterocycles. The summed E-state index contributed by atoms with van der Waals surface area (Å²) in [4.78, 5) is 15.6. The van der Waals surface area contributed by atoms with Crippen LogP contribution in [-0.4, -0.2) is 36.7 Å². The summed E-state index contributed by atoms with van der Waals surface area (Å²) in [6, 6.07) is 10.1. The van der Waals surface area contributed by atoms with Crippen molar-refractivity contribution < 1.29 is 23.0 Å². The van der Waals surface area contributed by atoms with Crippen molar-refractivity contribution in [3.05, 3.63) is 58.3 Å². The minimum atomic E-state index is -2.85. The van der Waals surface area contributed by atoms with Gasteiger partial charge in [0.15, 0.2) is 0 Å². The average molecular weight is 393 g/mol. The van der Waals surface area contributed by atoms with Gasteiger partial charge < -0.3 is 14.4 Å². The van der Waals surface area contributed by atoms with E-state index in [4.69, 9.17) is 4.74 Å². The molecule has 1 fully saturated rings. The number of carbonyl (C=O) groups is 1. The Morgan fingerprint density at radius 2 is 2.15 bits per heavy atom. The van der Waals surface area contributed by atoms with Crippen molar-refractivity contribution in [3.63, 3.8) is 0 Å². The maximum absolute atomic E-state index is 12.7. The summed E-state index contributed by atoms with van der Waals surface area (Å²) in [7, 11) is 0. The lowest BCUT2D eigenvalue weighted by atomic mass is 10.2. The van der Waals surface area contributed by atoms with Gasteiger partial charge in [-0.1, -0.05) is 18.2 Å². The van der Waals surface area contributed by atoms with E-state index in [9.17, 15) is 13.6 Å². The Bertz CT molecular complexity index is 741. The van der Waals surface area contributed by atoms with E-state index in [1.54, 1.807) is 34.4 Å². The third kappa shape index (κ3) is 6.15. The molecule has 1 aliphatic rings. The number of carbonyl (C=O) groups excluding carboxylic acids is 1. The summed E-state index contributed by atoms with van der Waals surface area (Å²) < 4.78 is 34.4. The summed E-state index contributed by atoms with van der Waals surface area (Å²) in [5.41, 5.74) is 0.734. The Balaban J connectivity index is 1.64. The van der Waals surface area contributed by atoms with Gasteiger partial charge in [0.2, 0.25) is 5.91 Å². The Kier molecular flexibility index (Phi) is 6.95. The van der Waals surface area contributed by atoms with Gasteiger partial charge in [0.05, 0.1) is 12.6 Å². The van der Waals surface area contributed by atoms with Crippen LogP contribution < -0.4 is 4.74 Å². The highest BCUT2D eigenvalue weighted by molar-refractivity contribution is 7.09.